The molecule has 0 aromatic heterocycles. The molecule has 0 saturated carbocycles. The zero-order chi connectivity index (χ0) is 20.7. The van der Waals surface area contributed by atoms with Crippen molar-refractivity contribution in [1.29, 1.82) is 0 Å². The molecule has 7 nitrogen and oxygen atoms in total. The number of benzene rings is 1. The van der Waals surface area contributed by atoms with Gasteiger partial charge in [-0.2, -0.15) is 0 Å². The summed E-state index contributed by atoms with van der Waals surface area (Å²) in [6.45, 7) is 1.52. The van der Waals surface area contributed by atoms with Gasteiger partial charge in [0.05, 0.1) is 18.0 Å². The van der Waals surface area contributed by atoms with Crippen molar-refractivity contribution in [2.45, 2.75) is 32.4 Å². The van der Waals surface area contributed by atoms with Gasteiger partial charge in [-0.1, -0.05) is 30.3 Å². The molecule has 28 heavy (non-hydrogen) atoms. The van der Waals surface area contributed by atoms with Crippen LogP contribution in [0.15, 0.2) is 30.3 Å². The van der Waals surface area contributed by atoms with Gasteiger partial charge in [-0.25, -0.2) is 13.6 Å². The number of alkyl halides is 2. The molecule has 2 saturated heterocycles. The Morgan fingerprint density at radius 3 is 2.54 bits per heavy atom. The second-order valence-corrected chi connectivity index (χ2v) is 7.88. The van der Waals surface area contributed by atoms with Gasteiger partial charge in [0, 0.05) is 13.1 Å². The van der Waals surface area contributed by atoms with Crippen molar-refractivity contribution in [1.82, 2.24) is 9.80 Å². The summed E-state index contributed by atoms with van der Waals surface area (Å²) in [5, 5.41) is 9.24. The Bertz CT molecular complexity index is 784. The first kappa shape index (κ1) is 20.0. The van der Waals surface area contributed by atoms with E-state index >= 15 is 0 Å². The molecule has 2 atom stereocenters. The second-order valence-electron chi connectivity index (χ2n) is 7.88. The van der Waals surface area contributed by atoms with E-state index in [9.17, 15) is 28.3 Å². The molecule has 0 unspecified atom stereocenters. The van der Waals surface area contributed by atoms with Gasteiger partial charge in [0.2, 0.25) is 5.91 Å². The fourth-order valence-corrected chi connectivity index (χ4v) is 3.66. The lowest BCUT2D eigenvalue weighted by Crippen LogP contribution is -2.45. The van der Waals surface area contributed by atoms with E-state index in [0.29, 0.717) is 5.56 Å². The Morgan fingerprint density at radius 1 is 1.29 bits per heavy atom. The number of hydrogen-bond acceptors (Lipinski definition) is 4. The van der Waals surface area contributed by atoms with E-state index in [2.05, 4.69) is 0 Å². The molecule has 0 radical (unpaired) electrons. The predicted octanol–water partition coefficient (Wildman–Crippen LogP) is 2.21. The van der Waals surface area contributed by atoms with E-state index in [1.54, 1.807) is 30.3 Å². The molecule has 3 rings (SSSR count). The van der Waals surface area contributed by atoms with E-state index in [0.717, 1.165) is 9.80 Å². The van der Waals surface area contributed by atoms with Crippen molar-refractivity contribution in [3.8, 4) is 0 Å². The van der Waals surface area contributed by atoms with Crippen LogP contribution in [-0.4, -0.2) is 64.5 Å². The molecule has 0 bridgehead atoms. The zero-order valence-electron chi connectivity index (χ0n) is 15.6. The highest BCUT2D eigenvalue weighted by atomic mass is 19.3. The van der Waals surface area contributed by atoms with E-state index in [1.807, 2.05) is 0 Å². The number of amides is 2. The lowest BCUT2D eigenvalue weighted by Gasteiger charge is -2.29. The maximum atomic E-state index is 14.5. The first-order valence-corrected chi connectivity index (χ1v) is 8.90. The predicted molar refractivity (Wildman–Crippen MR) is 93.6 cm³/mol. The summed E-state index contributed by atoms with van der Waals surface area (Å²) in [5.74, 6) is -7.04. The number of ether oxygens (including phenoxy) is 1. The molecule has 152 valence electrons. The molecule has 1 aromatic carbocycles. The van der Waals surface area contributed by atoms with Gasteiger partial charge in [0.1, 0.15) is 12.5 Å². The Labute approximate surface area is 160 Å². The van der Waals surface area contributed by atoms with Gasteiger partial charge in [-0.05, 0) is 19.4 Å². The van der Waals surface area contributed by atoms with Crippen LogP contribution < -0.4 is 0 Å². The smallest absolute Gasteiger partial charge is 0.410 e. The van der Waals surface area contributed by atoms with Crippen molar-refractivity contribution in [2.24, 2.45) is 11.3 Å². The molecule has 0 aliphatic carbocycles. The third-order valence-electron chi connectivity index (χ3n) is 5.21. The van der Waals surface area contributed by atoms with Crippen molar-refractivity contribution in [3.05, 3.63) is 35.9 Å². The minimum atomic E-state index is -3.39. The van der Waals surface area contributed by atoms with E-state index < -0.39 is 47.8 Å². The van der Waals surface area contributed by atoms with Gasteiger partial charge in [0.15, 0.2) is 0 Å². The molecular formula is C19H22F2N2O5. The Morgan fingerprint density at radius 2 is 1.93 bits per heavy atom. The monoisotopic (exact) mass is 396 g/mol. The van der Waals surface area contributed by atoms with Crippen molar-refractivity contribution in [2.75, 3.05) is 19.6 Å². The number of carboxylic acid groups (broad SMARTS) is 1. The van der Waals surface area contributed by atoms with Crippen LogP contribution in [0.4, 0.5) is 13.6 Å². The van der Waals surface area contributed by atoms with Crippen LogP contribution in [-0.2, 0) is 20.9 Å². The van der Waals surface area contributed by atoms with Crippen LogP contribution in [0.5, 0.6) is 0 Å². The van der Waals surface area contributed by atoms with Crippen LogP contribution in [0.3, 0.4) is 0 Å². The Balaban J connectivity index is 1.72. The van der Waals surface area contributed by atoms with Crippen LogP contribution in [0.25, 0.3) is 0 Å². The zero-order valence-corrected chi connectivity index (χ0v) is 15.6. The summed E-state index contributed by atoms with van der Waals surface area (Å²) in [6.07, 6.45) is -0.914. The van der Waals surface area contributed by atoms with E-state index in [4.69, 9.17) is 4.74 Å². The summed E-state index contributed by atoms with van der Waals surface area (Å²) in [4.78, 5) is 38.2. The summed E-state index contributed by atoms with van der Waals surface area (Å²) in [5.41, 5.74) is -0.576. The fourth-order valence-electron chi connectivity index (χ4n) is 3.66. The van der Waals surface area contributed by atoms with Gasteiger partial charge in [0.25, 0.3) is 5.92 Å². The number of halogens is 2. The number of fused-ring (bicyclic) bond motifs is 1. The number of hydrogen-bond donors (Lipinski definition) is 1. The average molecular weight is 396 g/mol. The molecule has 9 heteroatoms. The maximum Gasteiger partial charge on any atom is 0.410 e. The summed E-state index contributed by atoms with van der Waals surface area (Å²) >= 11 is 0. The molecule has 2 heterocycles. The van der Waals surface area contributed by atoms with Crippen LogP contribution >= 0.6 is 0 Å². The first-order chi connectivity index (χ1) is 13.0. The topological polar surface area (TPSA) is 87.2 Å². The summed E-state index contributed by atoms with van der Waals surface area (Å²) in [6, 6.07) is 7.76. The highest BCUT2D eigenvalue weighted by Crippen LogP contribution is 2.44. The minimum Gasteiger partial charge on any atom is -0.481 e. The number of carbonyl (C=O) groups excluding carboxylic acids is 2. The minimum absolute atomic E-state index is 0.0666. The largest absolute Gasteiger partial charge is 0.481 e. The summed E-state index contributed by atoms with van der Waals surface area (Å²) < 4.78 is 34.1. The number of likely N-dealkylation sites (tertiary alicyclic amines) is 2. The highest BCUT2D eigenvalue weighted by molar-refractivity contribution is 5.86. The first-order valence-electron chi connectivity index (χ1n) is 8.90. The van der Waals surface area contributed by atoms with Gasteiger partial charge < -0.3 is 14.7 Å². The quantitative estimate of drug-likeness (QED) is 0.825. The van der Waals surface area contributed by atoms with E-state index in [-0.39, 0.29) is 19.7 Å². The van der Waals surface area contributed by atoms with Gasteiger partial charge in [-0.3, -0.25) is 14.5 Å². The molecule has 2 aliphatic rings. The lowest BCUT2D eigenvalue weighted by molar-refractivity contribution is -0.150. The molecule has 1 N–H and O–H groups in total. The molecule has 2 aliphatic heterocycles. The number of aliphatic carboxylic acids is 1. The molecular weight excluding hydrogens is 374 g/mol. The Hall–Kier alpha value is -2.71. The van der Waals surface area contributed by atoms with Crippen molar-refractivity contribution in [3.63, 3.8) is 0 Å². The van der Waals surface area contributed by atoms with Crippen molar-refractivity contribution < 1.29 is 33.0 Å². The highest BCUT2D eigenvalue weighted by Gasteiger charge is 2.64. The number of rotatable bonds is 5. The molecule has 0 spiro atoms. The van der Waals surface area contributed by atoms with Crippen LogP contribution in [0.1, 0.15) is 19.4 Å². The molecule has 2 amide bonds. The maximum absolute atomic E-state index is 14.5. The van der Waals surface area contributed by atoms with Crippen LogP contribution in [0, 0.1) is 11.3 Å². The fraction of sp³-hybridized carbons (Fsp3) is 0.526. The number of carboxylic acids is 1. The average Bonchev–Trinajstić information content (AvgIpc) is 3.08. The standard InChI is InChI=1S/C19H22F2N2O5/c1-18(2,16(25)26)10-22-8-13-14(15(22)24)19(20,21)11-23(13)17(27)28-9-12-6-4-3-5-7-12/h3-7,13-14H,8-11H2,1-2H3,(H,25,26)/t13-,14-/m0/s1. The molecule has 2 fully saturated rings. The number of carbonyl (C=O) groups is 3. The van der Waals surface area contributed by atoms with Crippen molar-refractivity contribution >= 4 is 18.0 Å². The van der Waals surface area contributed by atoms with E-state index in [1.165, 1.54) is 13.8 Å². The summed E-state index contributed by atoms with van der Waals surface area (Å²) in [7, 11) is 0. The third kappa shape index (κ3) is 3.65. The Kier molecular flexibility index (Phi) is 5.03. The normalized spacial score (nSPS) is 23.6. The SMILES string of the molecule is CC(C)(CN1C[C@H]2[C@@H](C1=O)C(F)(F)CN2C(=O)OCc1ccccc1)C(=O)O. The van der Waals surface area contributed by atoms with Gasteiger partial charge >= 0.3 is 12.1 Å². The van der Waals surface area contributed by atoms with Crippen LogP contribution in [0.2, 0.25) is 0 Å². The van der Waals surface area contributed by atoms with Gasteiger partial charge in [-0.15, -0.1) is 0 Å². The number of nitrogens with zero attached hydrogens (tertiary/aromatic N) is 2. The lowest BCUT2D eigenvalue weighted by atomic mass is 9.93. The molecule has 1 aromatic rings. The third-order valence-corrected chi connectivity index (χ3v) is 5.21. The second kappa shape index (κ2) is 7.03.